The molecule has 7 nitrogen and oxygen atoms in total. The first-order valence-electron chi connectivity index (χ1n) is 3.64. The Morgan fingerprint density at radius 3 is 2.57 bits per heavy atom. The fraction of sp³-hybridized carbons (Fsp3) is 0.333. The van der Waals surface area contributed by atoms with Gasteiger partial charge in [0.05, 0.1) is 17.3 Å². The van der Waals surface area contributed by atoms with E-state index >= 15 is 0 Å². The van der Waals surface area contributed by atoms with Crippen LogP contribution in [0.15, 0.2) is 12.3 Å². The zero-order chi connectivity index (χ0) is 10.9. The molecular formula is C6H9N2O5P. The fourth-order valence-corrected chi connectivity index (χ4v) is 1.80. The van der Waals surface area contributed by atoms with Crippen LogP contribution in [0.1, 0.15) is 5.69 Å². The summed E-state index contributed by atoms with van der Waals surface area (Å²) in [6.45, 7) is 0. The SMILES string of the molecule is Cn1cc([N+](=O)[O-])cc1CP(=O)(O)O. The molecule has 14 heavy (non-hydrogen) atoms. The van der Waals surface area contributed by atoms with Gasteiger partial charge < -0.3 is 14.4 Å². The van der Waals surface area contributed by atoms with Gasteiger partial charge in [-0.15, -0.1) is 0 Å². The van der Waals surface area contributed by atoms with Crippen molar-refractivity contribution in [3.63, 3.8) is 0 Å². The number of nitro groups is 1. The monoisotopic (exact) mass is 220 g/mol. The smallest absolute Gasteiger partial charge is 0.331 e. The Kier molecular flexibility index (Phi) is 2.75. The molecule has 1 rings (SSSR count). The highest BCUT2D eigenvalue weighted by molar-refractivity contribution is 7.50. The van der Waals surface area contributed by atoms with Gasteiger partial charge in [0.1, 0.15) is 0 Å². The van der Waals surface area contributed by atoms with Crippen molar-refractivity contribution in [2.24, 2.45) is 7.05 Å². The molecule has 0 atom stereocenters. The van der Waals surface area contributed by atoms with Crippen LogP contribution in [0.25, 0.3) is 0 Å². The van der Waals surface area contributed by atoms with E-state index in [-0.39, 0.29) is 11.4 Å². The Morgan fingerprint density at radius 1 is 1.64 bits per heavy atom. The first-order valence-corrected chi connectivity index (χ1v) is 5.43. The van der Waals surface area contributed by atoms with Crippen LogP contribution in [0.2, 0.25) is 0 Å². The zero-order valence-corrected chi connectivity index (χ0v) is 8.22. The second kappa shape index (κ2) is 3.53. The van der Waals surface area contributed by atoms with Gasteiger partial charge in [-0.1, -0.05) is 0 Å². The Balaban J connectivity index is 2.99. The van der Waals surface area contributed by atoms with Crippen LogP contribution in [0.4, 0.5) is 5.69 Å². The van der Waals surface area contributed by atoms with E-state index in [4.69, 9.17) is 9.79 Å². The minimum atomic E-state index is -4.17. The third-order valence-electron chi connectivity index (χ3n) is 1.67. The lowest BCUT2D eigenvalue weighted by Gasteiger charge is -2.03. The fourth-order valence-electron chi connectivity index (χ4n) is 1.06. The number of hydrogen-bond acceptors (Lipinski definition) is 3. The Hall–Kier alpha value is -1.17. The van der Waals surface area contributed by atoms with E-state index in [0.29, 0.717) is 0 Å². The molecule has 0 radical (unpaired) electrons. The molecule has 0 aliphatic heterocycles. The predicted molar refractivity (Wildman–Crippen MR) is 47.8 cm³/mol. The lowest BCUT2D eigenvalue weighted by Crippen LogP contribution is -1.95. The summed E-state index contributed by atoms with van der Waals surface area (Å²) >= 11 is 0. The summed E-state index contributed by atoms with van der Waals surface area (Å²) in [6, 6.07) is 1.15. The summed E-state index contributed by atoms with van der Waals surface area (Å²) in [4.78, 5) is 27.1. The third-order valence-corrected chi connectivity index (χ3v) is 2.41. The summed E-state index contributed by atoms with van der Waals surface area (Å²) < 4.78 is 12.0. The second-order valence-corrected chi connectivity index (χ2v) is 4.53. The molecule has 0 aliphatic carbocycles. The highest BCUT2D eigenvalue weighted by Gasteiger charge is 2.19. The minimum absolute atomic E-state index is 0.170. The maximum absolute atomic E-state index is 10.6. The highest BCUT2D eigenvalue weighted by Crippen LogP contribution is 2.39. The van der Waals surface area contributed by atoms with Gasteiger partial charge in [-0.25, -0.2) is 0 Å². The molecule has 0 aromatic carbocycles. The third kappa shape index (κ3) is 2.66. The van der Waals surface area contributed by atoms with Crippen LogP contribution >= 0.6 is 7.60 Å². The van der Waals surface area contributed by atoms with Crippen molar-refractivity contribution >= 4 is 13.3 Å². The molecule has 2 N–H and O–H groups in total. The van der Waals surface area contributed by atoms with Crippen molar-refractivity contribution in [1.29, 1.82) is 0 Å². The molecule has 0 unspecified atom stereocenters. The van der Waals surface area contributed by atoms with Crippen molar-refractivity contribution in [2.75, 3.05) is 0 Å². The molecule has 0 fully saturated rings. The molecule has 0 amide bonds. The number of aromatic nitrogens is 1. The van der Waals surface area contributed by atoms with Gasteiger partial charge in [0.25, 0.3) is 5.69 Å². The van der Waals surface area contributed by atoms with Crippen molar-refractivity contribution in [3.05, 3.63) is 28.1 Å². The molecule has 0 spiro atoms. The highest BCUT2D eigenvalue weighted by atomic mass is 31.2. The summed E-state index contributed by atoms with van der Waals surface area (Å²) in [5, 5.41) is 10.3. The standard InChI is InChI=1S/C6H9N2O5P/c1-7-3-5(8(9)10)2-6(7)4-14(11,12)13/h2-3H,4H2,1H3,(H2,11,12,13). The molecule has 0 saturated heterocycles. The Labute approximate surface area is 79.3 Å². The molecule has 0 saturated carbocycles. The lowest BCUT2D eigenvalue weighted by atomic mass is 10.4. The first-order chi connectivity index (χ1) is 6.29. The molecule has 1 heterocycles. The maximum atomic E-state index is 10.6. The van der Waals surface area contributed by atoms with E-state index in [2.05, 4.69) is 0 Å². The quantitative estimate of drug-likeness (QED) is 0.441. The van der Waals surface area contributed by atoms with Gasteiger partial charge in [0.2, 0.25) is 0 Å². The summed E-state index contributed by atoms with van der Waals surface area (Å²) in [6.07, 6.45) is 0.725. The van der Waals surface area contributed by atoms with Crippen LogP contribution in [0, 0.1) is 10.1 Å². The van der Waals surface area contributed by atoms with Crippen molar-refractivity contribution < 1.29 is 19.3 Å². The average Bonchev–Trinajstić information content (AvgIpc) is 2.29. The predicted octanol–water partition coefficient (Wildman–Crippen LogP) is 0.611. The number of rotatable bonds is 3. The van der Waals surface area contributed by atoms with Gasteiger partial charge in [-0.2, -0.15) is 0 Å². The second-order valence-electron chi connectivity index (χ2n) is 2.88. The molecule has 0 bridgehead atoms. The van der Waals surface area contributed by atoms with E-state index in [0.717, 1.165) is 6.07 Å². The largest absolute Gasteiger partial charge is 0.348 e. The summed E-state index contributed by atoms with van der Waals surface area (Å²) in [7, 11) is -2.68. The normalized spacial score (nSPS) is 11.6. The summed E-state index contributed by atoms with van der Waals surface area (Å²) in [5.74, 6) is 0. The number of aryl methyl sites for hydroxylation is 1. The lowest BCUT2D eigenvalue weighted by molar-refractivity contribution is -0.384. The van der Waals surface area contributed by atoms with E-state index in [1.807, 2.05) is 0 Å². The van der Waals surface area contributed by atoms with Crippen molar-refractivity contribution in [1.82, 2.24) is 4.57 Å². The van der Waals surface area contributed by atoms with Crippen molar-refractivity contribution in [3.8, 4) is 0 Å². The van der Waals surface area contributed by atoms with Crippen LogP contribution in [-0.4, -0.2) is 19.3 Å². The molecule has 8 heteroatoms. The number of nitrogens with zero attached hydrogens (tertiary/aromatic N) is 2. The van der Waals surface area contributed by atoms with Gasteiger partial charge in [0, 0.05) is 18.8 Å². The average molecular weight is 220 g/mol. The van der Waals surface area contributed by atoms with Crippen LogP contribution in [0.3, 0.4) is 0 Å². The molecule has 0 aliphatic rings. The van der Waals surface area contributed by atoms with Crippen LogP contribution in [-0.2, 0) is 17.8 Å². The van der Waals surface area contributed by atoms with Crippen LogP contribution < -0.4 is 0 Å². The summed E-state index contributed by atoms with van der Waals surface area (Å²) in [5.41, 5.74) is 0.0704. The topological polar surface area (TPSA) is 106 Å². The molecule has 1 aromatic rings. The van der Waals surface area contributed by atoms with Gasteiger partial charge >= 0.3 is 7.60 Å². The van der Waals surface area contributed by atoms with E-state index in [1.54, 1.807) is 0 Å². The molecule has 78 valence electrons. The van der Waals surface area contributed by atoms with E-state index < -0.39 is 18.7 Å². The minimum Gasteiger partial charge on any atom is -0.348 e. The maximum Gasteiger partial charge on any atom is 0.331 e. The molecular weight excluding hydrogens is 211 g/mol. The van der Waals surface area contributed by atoms with E-state index in [9.17, 15) is 14.7 Å². The number of hydrogen-bond donors (Lipinski definition) is 2. The molecule has 1 aromatic heterocycles. The van der Waals surface area contributed by atoms with Gasteiger partial charge in [-0.3, -0.25) is 14.7 Å². The Morgan fingerprint density at radius 2 is 2.21 bits per heavy atom. The van der Waals surface area contributed by atoms with Crippen LogP contribution in [0.5, 0.6) is 0 Å². The van der Waals surface area contributed by atoms with Crippen molar-refractivity contribution in [2.45, 2.75) is 6.16 Å². The first kappa shape index (κ1) is 10.9. The van der Waals surface area contributed by atoms with Gasteiger partial charge in [-0.05, 0) is 0 Å². The van der Waals surface area contributed by atoms with E-state index in [1.165, 1.54) is 17.8 Å². The zero-order valence-electron chi connectivity index (χ0n) is 7.32. The van der Waals surface area contributed by atoms with Gasteiger partial charge in [0.15, 0.2) is 0 Å². The Bertz CT molecular complexity index is 406.